The third kappa shape index (κ3) is 4.27. The smallest absolute Gasteiger partial charge is 0.307 e. The van der Waals surface area contributed by atoms with Gasteiger partial charge in [0.15, 0.2) is 0 Å². The first-order valence-corrected chi connectivity index (χ1v) is 6.80. The number of hydrogen-bond donors (Lipinski definition) is 1. The molecule has 0 fully saturated rings. The minimum Gasteiger partial charge on any atom is -0.481 e. The van der Waals surface area contributed by atoms with Crippen molar-refractivity contribution in [2.75, 3.05) is 5.75 Å². The van der Waals surface area contributed by atoms with Crippen molar-refractivity contribution in [3.63, 3.8) is 0 Å². The van der Waals surface area contributed by atoms with Gasteiger partial charge in [-0.1, -0.05) is 22.9 Å². The van der Waals surface area contributed by atoms with Crippen molar-refractivity contribution in [2.24, 2.45) is 5.92 Å². The second-order valence-electron chi connectivity index (χ2n) is 3.60. The van der Waals surface area contributed by atoms with Crippen molar-refractivity contribution in [2.45, 2.75) is 12.7 Å². The Morgan fingerprint density at radius 3 is 2.47 bits per heavy atom. The van der Waals surface area contributed by atoms with Crippen LogP contribution in [0.5, 0.6) is 0 Å². The number of carboxylic acid groups (broad SMARTS) is 1. The molecule has 0 aliphatic heterocycles. The Hall–Kier alpha value is -0.620. The molecule has 6 heteroatoms. The maximum atomic E-state index is 13.4. The first kappa shape index (κ1) is 14.4. The van der Waals surface area contributed by atoms with Gasteiger partial charge in [-0.2, -0.15) is 11.8 Å². The van der Waals surface area contributed by atoms with Gasteiger partial charge in [0.25, 0.3) is 0 Å². The number of hydrogen-bond acceptors (Lipinski definition) is 2. The summed E-state index contributed by atoms with van der Waals surface area (Å²) in [6.45, 7) is 1.56. The van der Waals surface area contributed by atoms with E-state index in [-0.39, 0.29) is 11.3 Å². The average Bonchev–Trinajstić information content (AvgIpc) is 2.21. The SMILES string of the molecule is CC(CSCc1c(F)cc(Br)cc1F)C(=O)O. The van der Waals surface area contributed by atoms with Crippen molar-refractivity contribution in [1.82, 2.24) is 0 Å². The van der Waals surface area contributed by atoms with Gasteiger partial charge in [-0.05, 0) is 12.1 Å². The van der Waals surface area contributed by atoms with E-state index in [0.717, 1.165) is 0 Å². The monoisotopic (exact) mass is 324 g/mol. The number of carbonyl (C=O) groups is 1. The highest BCUT2D eigenvalue weighted by atomic mass is 79.9. The summed E-state index contributed by atoms with van der Waals surface area (Å²) in [5, 5.41) is 8.66. The van der Waals surface area contributed by atoms with E-state index >= 15 is 0 Å². The third-order valence-electron chi connectivity index (χ3n) is 2.14. The van der Waals surface area contributed by atoms with Gasteiger partial charge in [0, 0.05) is 21.5 Å². The van der Waals surface area contributed by atoms with Gasteiger partial charge in [0.05, 0.1) is 5.92 Å². The summed E-state index contributed by atoms with van der Waals surface area (Å²) < 4.78 is 27.1. The Kier molecular flexibility index (Phi) is 5.39. The Morgan fingerprint density at radius 1 is 1.47 bits per heavy atom. The van der Waals surface area contributed by atoms with Gasteiger partial charge in [0.1, 0.15) is 11.6 Å². The van der Waals surface area contributed by atoms with Crippen LogP contribution in [-0.4, -0.2) is 16.8 Å². The Morgan fingerprint density at radius 2 is 2.00 bits per heavy atom. The van der Waals surface area contributed by atoms with Gasteiger partial charge in [0.2, 0.25) is 0 Å². The molecule has 0 aliphatic carbocycles. The number of rotatable bonds is 5. The van der Waals surface area contributed by atoms with Crippen LogP contribution in [0.4, 0.5) is 8.78 Å². The van der Waals surface area contributed by atoms with Crippen molar-refractivity contribution in [3.05, 3.63) is 33.8 Å². The van der Waals surface area contributed by atoms with E-state index < -0.39 is 23.5 Å². The van der Waals surface area contributed by atoms with Crippen molar-refractivity contribution in [3.8, 4) is 0 Å². The van der Waals surface area contributed by atoms with Crippen molar-refractivity contribution in [1.29, 1.82) is 0 Å². The minimum absolute atomic E-state index is 0.0178. The number of aliphatic carboxylic acids is 1. The summed E-state index contributed by atoms with van der Waals surface area (Å²) in [5.41, 5.74) is -0.0178. The average molecular weight is 325 g/mol. The molecule has 1 rings (SSSR count). The summed E-state index contributed by atoms with van der Waals surface area (Å²) in [6.07, 6.45) is 0. The Labute approximate surface area is 111 Å². The molecule has 0 saturated heterocycles. The maximum absolute atomic E-state index is 13.4. The van der Waals surface area contributed by atoms with E-state index in [4.69, 9.17) is 5.11 Å². The number of halogens is 3. The lowest BCUT2D eigenvalue weighted by Crippen LogP contribution is -2.12. The molecule has 1 N–H and O–H groups in total. The molecule has 0 heterocycles. The lowest BCUT2D eigenvalue weighted by Gasteiger charge is -2.08. The molecular formula is C11H11BrF2O2S. The van der Waals surface area contributed by atoms with E-state index in [1.54, 1.807) is 6.92 Å². The third-order valence-corrected chi connectivity index (χ3v) is 3.83. The van der Waals surface area contributed by atoms with Crippen LogP contribution in [0.25, 0.3) is 0 Å². The van der Waals surface area contributed by atoms with Crippen LogP contribution in [-0.2, 0) is 10.5 Å². The quantitative estimate of drug-likeness (QED) is 0.897. The molecule has 0 aliphatic rings. The summed E-state index contributed by atoms with van der Waals surface area (Å²) in [5.74, 6) is -2.22. The fraction of sp³-hybridized carbons (Fsp3) is 0.364. The van der Waals surface area contributed by atoms with Gasteiger partial charge in [-0.15, -0.1) is 0 Å². The molecule has 1 unspecified atom stereocenters. The zero-order valence-electron chi connectivity index (χ0n) is 9.04. The molecule has 94 valence electrons. The van der Waals surface area contributed by atoms with E-state index in [9.17, 15) is 13.6 Å². The zero-order valence-corrected chi connectivity index (χ0v) is 11.4. The predicted molar refractivity (Wildman–Crippen MR) is 67.0 cm³/mol. The van der Waals surface area contributed by atoms with Crippen LogP contribution in [0.15, 0.2) is 16.6 Å². The molecule has 17 heavy (non-hydrogen) atoms. The molecule has 1 aromatic carbocycles. The van der Waals surface area contributed by atoms with Crippen LogP contribution in [0.1, 0.15) is 12.5 Å². The van der Waals surface area contributed by atoms with Crippen molar-refractivity contribution >= 4 is 33.7 Å². The highest BCUT2D eigenvalue weighted by Gasteiger charge is 2.14. The largest absolute Gasteiger partial charge is 0.481 e. The van der Waals surface area contributed by atoms with Crippen LogP contribution in [0.2, 0.25) is 0 Å². The van der Waals surface area contributed by atoms with Gasteiger partial charge >= 0.3 is 5.97 Å². The Balaban J connectivity index is 2.61. The molecule has 0 aromatic heterocycles. The van der Waals surface area contributed by atoms with Crippen LogP contribution < -0.4 is 0 Å². The van der Waals surface area contributed by atoms with Crippen molar-refractivity contribution < 1.29 is 18.7 Å². The summed E-state index contributed by atoms with van der Waals surface area (Å²) in [7, 11) is 0. The van der Waals surface area contributed by atoms with Crippen LogP contribution >= 0.6 is 27.7 Å². The molecule has 1 aromatic rings. The summed E-state index contributed by atoms with van der Waals surface area (Å²) >= 11 is 4.19. The number of thioether (sulfide) groups is 1. The molecule has 1 atom stereocenters. The lowest BCUT2D eigenvalue weighted by molar-refractivity contribution is -0.140. The Bertz CT molecular complexity index is 403. The van der Waals surface area contributed by atoms with Gasteiger partial charge in [-0.25, -0.2) is 8.78 Å². The standard InChI is InChI=1S/C11H11BrF2O2S/c1-6(11(15)16)4-17-5-8-9(13)2-7(12)3-10(8)14/h2-3,6H,4-5H2,1H3,(H,15,16). The highest BCUT2D eigenvalue weighted by Crippen LogP contribution is 2.24. The zero-order chi connectivity index (χ0) is 13.0. The summed E-state index contributed by atoms with van der Waals surface area (Å²) in [6, 6.07) is 2.39. The lowest BCUT2D eigenvalue weighted by atomic mass is 10.2. The maximum Gasteiger partial charge on any atom is 0.307 e. The van der Waals surface area contributed by atoms with Crippen LogP contribution in [0, 0.1) is 17.6 Å². The van der Waals surface area contributed by atoms with E-state index in [0.29, 0.717) is 10.2 Å². The molecule has 2 nitrogen and oxygen atoms in total. The van der Waals surface area contributed by atoms with E-state index in [1.165, 1.54) is 23.9 Å². The first-order chi connectivity index (χ1) is 7.91. The molecule has 0 amide bonds. The van der Waals surface area contributed by atoms with Gasteiger partial charge < -0.3 is 5.11 Å². The number of carboxylic acids is 1. The van der Waals surface area contributed by atoms with E-state index in [1.807, 2.05) is 0 Å². The minimum atomic E-state index is -0.908. The summed E-state index contributed by atoms with van der Waals surface area (Å²) in [4.78, 5) is 10.6. The van der Waals surface area contributed by atoms with E-state index in [2.05, 4.69) is 15.9 Å². The molecule has 0 radical (unpaired) electrons. The van der Waals surface area contributed by atoms with Gasteiger partial charge in [-0.3, -0.25) is 4.79 Å². The second-order valence-corrected chi connectivity index (χ2v) is 5.55. The fourth-order valence-electron chi connectivity index (χ4n) is 1.12. The van der Waals surface area contributed by atoms with Crippen LogP contribution in [0.3, 0.4) is 0 Å². The molecule has 0 spiro atoms. The second kappa shape index (κ2) is 6.35. The topological polar surface area (TPSA) is 37.3 Å². The predicted octanol–water partition coefficient (Wildman–Crippen LogP) is 3.68. The first-order valence-electron chi connectivity index (χ1n) is 4.85. The molecular weight excluding hydrogens is 314 g/mol. The molecule has 0 saturated carbocycles. The number of benzene rings is 1. The fourth-order valence-corrected chi connectivity index (χ4v) is 2.61. The normalized spacial score (nSPS) is 12.5. The highest BCUT2D eigenvalue weighted by molar-refractivity contribution is 9.10. The molecule has 0 bridgehead atoms.